The Labute approximate surface area is 146 Å². The van der Waals surface area contributed by atoms with Gasteiger partial charge in [-0.05, 0) is 42.0 Å². The maximum Gasteiger partial charge on any atom is 0.262 e. The molecule has 0 aromatic heterocycles. The van der Waals surface area contributed by atoms with Gasteiger partial charge in [0.1, 0.15) is 11.9 Å². The molecule has 0 fully saturated rings. The molecule has 4 nitrogen and oxygen atoms in total. The van der Waals surface area contributed by atoms with Crippen LogP contribution in [0.25, 0.3) is 0 Å². The molecule has 0 spiro atoms. The number of carbonyl (C=O) groups excluding carboxylic acids is 1. The summed E-state index contributed by atoms with van der Waals surface area (Å²) in [7, 11) is 1.64. The van der Waals surface area contributed by atoms with Gasteiger partial charge in [-0.1, -0.05) is 42.5 Å². The average molecular weight is 330 g/mol. The van der Waals surface area contributed by atoms with Crippen molar-refractivity contribution in [2.45, 2.75) is 6.17 Å². The minimum absolute atomic E-state index is 0.0200. The van der Waals surface area contributed by atoms with Gasteiger partial charge < -0.3 is 10.1 Å². The van der Waals surface area contributed by atoms with Crippen LogP contribution in [-0.2, 0) is 0 Å². The molecule has 1 aliphatic rings. The van der Waals surface area contributed by atoms with E-state index in [9.17, 15) is 4.79 Å². The molecular formula is C21H18N2O2. The molecule has 1 N–H and O–H groups in total. The van der Waals surface area contributed by atoms with Crippen molar-refractivity contribution in [1.82, 2.24) is 0 Å². The highest BCUT2D eigenvalue weighted by molar-refractivity contribution is 6.12. The van der Waals surface area contributed by atoms with E-state index in [1.807, 2.05) is 78.9 Å². The number of benzene rings is 3. The number of methoxy groups -OCH3 is 1. The summed E-state index contributed by atoms with van der Waals surface area (Å²) in [4.78, 5) is 15.0. The molecule has 0 aliphatic carbocycles. The summed E-state index contributed by atoms with van der Waals surface area (Å²) in [6, 6.07) is 25.1. The van der Waals surface area contributed by atoms with Crippen molar-refractivity contribution in [1.29, 1.82) is 0 Å². The molecule has 3 aromatic rings. The molecule has 1 aliphatic heterocycles. The van der Waals surface area contributed by atoms with Crippen LogP contribution in [0.4, 0.5) is 11.4 Å². The number of fused-ring (bicyclic) bond motifs is 1. The number of rotatable bonds is 3. The fourth-order valence-corrected chi connectivity index (χ4v) is 3.15. The van der Waals surface area contributed by atoms with Crippen LogP contribution in [0, 0.1) is 0 Å². The van der Waals surface area contributed by atoms with Crippen LogP contribution in [0.1, 0.15) is 22.1 Å². The van der Waals surface area contributed by atoms with Crippen molar-refractivity contribution in [3.8, 4) is 5.75 Å². The van der Waals surface area contributed by atoms with E-state index in [1.54, 1.807) is 12.0 Å². The van der Waals surface area contributed by atoms with Gasteiger partial charge in [0.15, 0.2) is 0 Å². The number of hydrogen-bond acceptors (Lipinski definition) is 3. The molecule has 1 heterocycles. The summed E-state index contributed by atoms with van der Waals surface area (Å²) in [5.41, 5.74) is 3.33. The molecule has 0 saturated heterocycles. The molecule has 4 heteroatoms. The SMILES string of the molecule is COc1cccc(C2Nc3ccccc3C(=O)N2c2ccccc2)c1. The van der Waals surface area contributed by atoms with Crippen LogP contribution in [-0.4, -0.2) is 13.0 Å². The number of amides is 1. The first kappa shape index (κ1) is 15.3. The van der Waals surface area contributed by atoms with Gasteiger partial charge in [0.05, 0.1) is 12.7 Å². The van der Waals surface area contributed by atoms with Gasteiger partial charge in [-0.3, -0.25) is 9.69 Å². The van der Waals surface area contributed by atoms with Gasteiger partial charge in [0.25, 0.3) is 5.91 Å². The quantitative estimate of drug-likeness (QED) is 0.770. The average Bonchev–Trinajstić information content (AvgIpc) is 2.68. The number of nitrogens with one attached hydrogen (secondary N) is 1. The molecule has 1 atom stereocenters. The molecule has 124 valence electrons. The Bertz CT molecular complexity index is 909. The largest absolute Gasteiger partial charge is 0.497 e. The fraction of sp³-hybridized carbons (Fsp3) is 0.0952. The lowest BCUT2D eigenvalue weighted by molar-refractivity contribution is 0.0975. The second kappa shape index (κ2) is 6.32. The highest BCUT2D eigenvalue weighted by atomic mass is 16.5. The van der Waals surface area contributed by atoms with E-state index in [2.05, 4.69) is 5.32 Å². The topological polar surface area (TPSA) is 41.6 Å². The summed E-state index contributed by atoms with van der Waals surface area (Å²) < 4.78 is 5.35. The smallest absolute Gasteiger partial charge is 0.262 e. The van der Waals surface area contributed by atoms with Crippen LogP contribution in [0.3, 0.4) is 0 Å². The van der Waals surface area contributed by atoms with Crippen LogP contribution in [0.15, 0.2) is 78.9 Å². The van der Waals surface area contributed by atoms with Crippen LogP contribution < -0.4 is 15.0 Å². The molecule has 3 aromatic carbocycles. The number of nitrogens with zero attached hydrogens (tertiary/aromatic N) is 1. The summed E-state index contributed by atoms with van der Waals surface area (Å²) in [5, 5.41) is 3.49. The van der Waals surface area contributed by atoms with E-state index >= 15 is 0 Å². The zero-order valence-electron chi connectivity index (χ0n) is 13.8. The Hall–Kier alpha value is -3.27. The molecule has 0 bridgehead atoms. The minimum Gasteiger partial charge on any atom is -0.497 e. The number of hydrogen-bond donors (Lipinski definition) is 1. The molecule has 4 rings (SSSR count). The van der Waals surface area contributed by atoms with E-state index in [1.165, 1.54) is 0 Å². The van der Waals surface area contributed by atoms with Crippen molar-refractivity contribution >= 4 is 17.3 Å². The molecular weight excluding hydrogens is 312 g/mol. The number of carbonyl (C=O) groups is 1. The summed E-state index contributed by atoms with van der Waals surface area (Å²) in [5.74, 6) is 0.743. The van der Waals surface area contributed by atoms with Crippen LogP contribution in [0.5, 0.6) is 5.75 Å². The van der Waals surface area contributed by atoms with E-state index in [0.717, 1.165) is 22.7 Å². The lowest BCUT2D eigenvalue weighted by atomic mass is 10.0. The van der Waals surface area contributed by atoms with Gasteiger partial charge in [-0.2, -0.15) is 0 Å². The summed E-state index contributed by atoms with van der Waals surface area (Å²) in [6.45, 7) is 0. The zero-order valence-corrected chi connectivity index (χ0v) is 13.8. The molecule has 25 heavy (non-hydrogen) atoms. The Morgan fingerprint density at radius 3 is 2.48 bits per heavy atom. The summed E-state index contributed by atoms with van der Waals surface area (Å²) in [6.07, 6.45) is -0.306. The third-order valence-electron chi connectivity index (χ3n) is 4.37. The van der Waals surface area contributed by atoms with Gasteiger partial charge in [-0.15, -0.1) is 0 Å². The summed E-state index contributed by atoms with van der Waals surface area (Å²) >= 11 is 0. The Morgan fingerprint density at radius 2 is 1.68 bits per heavy atom. The molecule has 1 amide bonds. The first-order chi connectivity index (χ1) is 12.3. The molecule has 0 saturated carbocycles. The van der Waals surface area contributed by atoms with E-state index in [4.69, 9.17) is 4.74 Å². The highest BCUT2D eigenvalue weighted by Crippen LogP contribution is 2.37. The third kappa shape index (κ3) is 2.72. The standard InChI is InChI=1S/C21H18N2O2/c1-25-17-11-7-8-15(14-17)20-22-19-13-6-5-12-18(19)21(24)23(20)16-9-3-2-4-10-16/h2-14,20,22H,1H3. The van der Waals surface area contributed by atoms with Gasteiger partial charge >= 0.3 is 0 Å². The number of anilines is 2. The van der Waals surface area contributed by atoms with E-state index in [-0.39, 0.29) is 12.1 Å². The molecule has 0 radical (unpaired) electrons. The lowest BCUT2D eigenvalue weighted by Crippen LogP contribution is -2.43. The van der Waals surface area contributed by atoms with Crippen molar-refractivity contribution < 1.29 is 9.53 Å². The Kier molecular flexibility index (Phi) is 3.86. The Balaban J connectivity index is 1.86. The van der Waals surface area contributed by atoms with Crippen molar-refractivity contribution in [3.63, 3.8) is 0 Å². The monoisotopic (exact) mass is 330 g/mol. The van der Waals surface area contributed by atoms with Gasteiger partial charge in [0.2, 0.25) is 0 Å². The normalized spacial score (nSPS) is 16.1. The maximum absolute atomic E-state index is 13.2. The fourth-order valence-electron chi connectivity index (χ4n) is 3.15. The number of ether oxygens (including phenoxy) is 1. The minimum atomic E-state index is -0.306. The third-order valence-corrected chi connectivity index (χ3v) is 4.37. The van der Waals surface area contributed by atoms with Crippen LogP contribution in [0.2, 0.25) is 0 Å². The first-order valence-corrected chi connectivity index (χ1v) is 8.16. The first-order valence-electron chi connectivity index (χ1n) is 8.16. The van der Waals surface area contributed by atoms with Crippen molar-refractivity contribution in [3.05, 3.63) is 90.0 Å². The number of para-hydroxylation sites is 2. The van der Waals surface area contributed by atoms with E-state index in [0.29, 0.717) is 5.56 Å². The van der Waals surface area contributed by atoms with Crippen LogP contribution >= 0.6 is 0 Å². The van der Waals surface area contributed by atoms with Crippen molar-refractivity contribution in [2.75, 3.05) is 17.3 Å². The van der Waals surface area contributed by atoms with Gasteiger partial charge in [0, 0.05) is 11.4 Å². The highest BCUT2D eigenvalue weighted by Gasteiger charge is 2.33. The second-order valence-corrected chi connectivity index (χ2v) is 5.88. The van der Waals surface area contributed by atoms with Crippen molar-refractivity contribution in [2.24, 2.45) is 0 Å². The predicted octanol–water partition coefficient (Wildman–Crippen LogP) is 4.47. The predicted molar refractivity (Wildman–Crippen MR) is 99.1 cm³/mol. The zero-order chi connectivity index (χ0) is 17.2. The van der Waals surface area contributed by atoms with E-state index < -0.39 is 0 Å². The second-order valence-electron chi connectivity index (χ2n) is 5.88. The molecule has 1 unspecified atom stereocenters. The Morgan fingerprint density at radius 1 is 0.920 bits per heavy atom. The van der Waals surface area contributed by atoms with Gasteiger partial charge in [-0.25, -0.2) is 0 Å². The lowest BCUT2D eigenvalue weighted by Gasteiger charge is -2.38. The maximum atomic E-state index is 13.2.